The normalized spacial score (nSPS) is 16.4. The van der Waals surface area contributed by atoms with Gasteiger partial charge in [0.1, 0.15) is 0 Å². The third-order valence-electron chi connectivity index (χ3n) is 2.42. The Morgan fingerprint density at radius 2 is 2.20 bits per heavy atom. The first kappa shape index (κ1) is 14.1. The number of thioether (sulfide) groups is 1. The third-order valence-corrected chi connectivity index (χ3v) is 3.23. The van der Waals surface area contributed by atoms with Crippen LogP contribution in [0.4, 0.5) is 10.5 Å². The number of aromatic hydroxyl groups is 1. The number of amides is 2. The van der Waals surface area contributed by atoms with Crippen molar-refractivity contribution in [1.82, 2.24) is 5.32 Å². The number of phenolic OH excluding ortho intramolecular Hbond substituents is 1. The van der Waals surface area contributed by atoms with Crippen molar-refractivity contribution in [3.63, 3.8) is 0 Å². The van der Waals surface area contributed by atoms with Crippen LogP contribution in [0.2, 0.25) is 0 Å². The summed E-state index contributed by atoms with van der Waals surface area (Å²) in [5.74, 6) is -0.776. The summed E-state index contributed by atoms with van der Waals surface area (Å²) in [4.78, 5) is 33.4. The smallest absolute Gasteiger partial charge is 0.290 e. The maximum Gasteiger partial charge on any atom is 0.290 e. The maximum atomic E-state index is 11.4. The number of carbonyl (C=O) groups is 2. The second-order valence-electron chi connectivity index (χ2n) is 3.76. The molecule has 0 aromatic heterocycles. The average Bonchev–Trinajstić information content (AvgIpc) is 2.71. The number of rotatable bonds is 4. The van der Waals surface area contributed by atoms with Crippen LogP contribution in [-0.4, -0.2) is 22.9 Å². The fourth-order valence-electron chi connectivity index (χ4n) is 1.60. The predicted molar refractivity (Wildman–Crippen MR) is 73.8 cm³/mol. The van der Waals surface area contributed by atoms with Gasteiger partial charge in [0.2, 0.25) is 0 Å². The molecule has 1 aromatic carbocycles. The van der Waals surface area contributed by atoms with Gasteiger partial charge in [-0.1, -0.05) is 0 Å². The van der Waals surface area contributed by atoms with E-state index in [4.69, 9.17) is 4.74 Å². The molecular weight excluding hydrogens is 284 g/mol. The summed E-state index contributed by atoms with van der Waals surface area (Å²) in [6.07, 6.45) is 1.42. The SMILES string of the molecule is CCOc1cc(/C=C2\SC(=O)NC2=O)cc(N=O)c1O. The summed E-state index contributed by atoms with van der Waals surface area (Å²) >= 11 is 0.755. The number of nitrogens with one attached hydrogen (secondary N) is 1. The van der Waals surface area contributed by atoms with Crippen LogP contribution in [0.3, 0.4) is 0 Å². The first-order valence-corrected chi connectivity index (χ1v) is 6.44. The Balaban J connectivity index is 2.44. The molecule has 20 heavy (non-hydrogen) atoms. The molecule has 0 radical (unpaired) electrons. The lowest BCUT2D eigenvalue weighted by Crippen LogP contribution is -2.17. The Labute approximate surface area is 118 Å². The van der Waals surface area contributed by atoms with Crippen LogP contribution >= 0.6 is 11.8 Å². The average molecular weight is 294 g/mol. The first-order valence-electron chi connectivity index (χ1n) is 5.63. The molecule has 2 rings (SSSR count). The summed E-state index contributed by atoms with van der Waals surface area (Å²) in [6.45, 7) is 2.01. The van der Waals surface area contributed by atoms with Crippen molar-refractivity contribution in [1.29, 1.82) is 0 Å². The molecule has 0 unspecified atom stereocenters. The van der Waals surface area contributed by atoms with Crippen LogP contribution in [0.1, 0.15) is 12.5 Å². The maximum absolute atomic E-state index is 11.4. The van der Waals surface area contributed by atoms with E-state index in [-0.39, 0.29) is 22.1 Å². The monoisotopic (exact) mass is 294 g/mol. The molecule has 0 bridgehead atoms. The molecule has 8 heteroatoms. The highest BCUT2D eigenvalue weighted by molar-refractivity contribution is 8.18. The molecule has 2 amide bonds. The number of hydrogen-bond donors (Lipinski definition) is 2. The minimum absolute atomic E-state index is 0.0891. The second kappa shape index (κ2) is 5.74. The molecule has 7 nitrogen and oxygen atoms in total. The van der Waals surface area contributed by atoms with Gasteiger partial charge in [0.25, 0.3) is 11.1 Å². The molecule has 0 atom stereocenters. The van der Waals surface area contributed by atoms with Crippen molar-refractivity contribution >= 4 is 34.7 Å². The molecule has 1 saturated heterocycles. The van der Waals surface area contributed by atoms with Crippen molar-refractivity contribution < 1.29 is 19.4 Å². The van der Waals surface area contributed by atoms with Gasteiger partial charge in [0.05, 0.1) is 11.5 Å². The van der Waals surface area contributed by atoms with E-state index >= 15 is 0 Å². The number of nitrogens with zero attached hydrogens (tertiary/aromatic N) is 1. The van der Waals surface area contributed by atoms with Crippen LogP contribution in [0.25, 0.3) is 6.08 Å². The molecule has 104 valence electrons. The molecule has 1 aromatic rings. The van der Waals surface area contributed by atoms with Gasteiger partial charge in [0, 0.05) is 0 Å². The Bertz CT molecular complexity index is 627. The first-order chi connectivity index (χ1) is 9.55. The van der Waals surface area contributed by atoms with Gasteiger partial charge in [-0.2, -0.15) is 0 Å². The van der Waals surface area contributed by atoms with Gasteiger partial charge in [0.15, 0.2) is 17.2 Å². The van der Waals surface area contributed by atoms with E-state index in [1.165, 1.54) is 18.2 Å². The molecule has 1 aliphatic rings. The van der Waals surface area contributed by atoms with Crippen molar-refractivity contribution in [2.45, 2.75) is 6.92 Å². The van der Waals surface area contributed by atoms with E-state index in [2.05, 4.69) is 10.5 Å². The molecule has 1 heterocycles. The van der Waals surface area contributed by atoms with E-state index in [1.807, 2.05) is 0 Å². The zero-order valence-electron chi connectivity index (χ0n) is 10.4. The van der Waals surface area contributed by atoms with Gasteiger partial charge >= 0.3 is 0 Å². The summed E-state index contributed by atoms with van der Waals surface area (Å²) < 4.78 is 5.18. The van der Waals surface area contributed by atoms with Gasteiger partial charge in [-0.25, -0.2) is 0 Å². The Morgan fingerprint density at radius 3 is 2.75 bits per heavy atom. The highest BCUT2D eigenvalue weighted by Crippen LogP contribution is 2.38. The minimum Gasteiger partial charge on any atom is -0.503 e. The van der Waals surface area contributed by atoms with E-state index in [9.17, 15) is 19.6 Å². The second-order valence-corrected chi connectivity index (χ2v) is 4.78. The highest BCUT2D eigenvalue weighted by atomic mass is 32.2. The molecule has 1 fully saturated rings. The van der Waals surface area contributed by atoms with Crippen LogP contribution in [0.5, 0.6) is 11.5 Å². The van der Waals surface area contributed by atoms with Crippen molar-refractivity contribution in [2.24, 2.45) is 5.18 Å². The van der Waals surface area contributed by atoms with E-state index < -0.39 is 11.1 Å². The Morgan fingerprint density at radius 1 is 1.45 bits per heavy atom. The van der Waals surface area contributed by atoms with Crippen LogP contribution in [0, 0.1) is 4.91 Å². The molecule has 0 spiro atoms. The molecule has 0 aliphatic carbocycles. The zero-order chi connectivity index (χ0) is 14.7. The lowest BCUT2D eigenvalue weighted by molar-refractivity contribution is -0.115. The topological polar surface area (TPSA) is 105 Å². The molecule has 1 aliphatic heterocycles. The van der Waals surface area contributed by atoms with E-state index in [0.717, 1.165) is 11.8 Å². The molecule has 0 saturated carbocycles. The van der Waals surface area contributed by atoms with E-state index in [1.54, 1.807) is 6.92 Å². The lowest BCUT2D eigenvalue weighted by atomic mass is 10.1. The van der Waals surface area contributed by atoms with Gasteiger partial charge < -0.3 is 9.84 Å². The number of benzene rings is 1. The highest BCUT2D eigenvalue weighted by Gasteiger charge is 2.25. The number of phenols is 1. The summed E-state index contributed by atoms with van der Waals surface area (Å²) in [7, 11) is 0. The number of nitroso groups, excluding NO2 is 1. The Kier molecular flexibility index (Phi) is 4.04. The minimum atomic E-state index is -0.508. The fourth-order valence-corrected chi connectivity index (χ4v) is 2.29. The van der Waals surface area contributed by atoms with Crippen molar-refractivity contribution in [3.05, 3.63) is 27.5 Å². The number of hydrogen-bond acceptors (Lipinski definition) is 7. The lowest BCUT2D eigenvalue weighted by Gasteiger charge is -2.08. The van der Waals surface area contributed by atoms with Crippen LogP contribution < -0.4 is 10.1 Å². The number of carbonyl (C=O) groups excluding carboxylic acids is 2. The van der Waals surface area contributed by atoms with Gasteiger partial charge in [-0.15, -0.1) is 4.91 Å². The standard InChI is InChI=1S/C12H10N2O5S/c1-2-19-8-4-6(3-7(14-18)10(8)15)5-9-11(16)13-12(17)20-9/h3-5,15H,2H2,1H3,(H,13,16,17)/b9-5-. The molecule has 2 N–H and O–H groups in total. The summed E-state index contributed by atoms with van der Waals surface area (Å²) in [5.41, 5.74) is 0.228. The van der Waals surface area contributed by atoms with E-state index in [0.29, 0.717) is 12.2 Å². The molecular formula is C12H10N2O5S. The van der Waals surface area contributed by atoms with Gasteiger partial charge in [-0.05, 0) is 47.6 Å². The quantitative estimate of drug-likeness (QED) is 0.653. The zero-order valence-corrected chi connectivity index (χ0v) is 11.2. The van der Waals surface area contributed by atoms with Crippen LogP contribution in [0.15, 0.2) is 22.2 Å². The number of ether oxygens (including phenoxy) is 1. The van der Waals surface area contributed by atoms with Crippen molar-refractivity contribution in [2.75, 3.05) is 6.61 Å². The van der Waals surface area contributed by atoms with Crippen molar-refractivity contribution in [3.8, 4) is 11.5 Å². The number of imide groups is 1. The Hall–Kier alpha value is -2.35. The fraction of sp³-hybridized carbons (Fsp3) is 0.167. The third kappa shape index (κ3) is 2.80. The van der Waals surface area contributed by atoms with Crippen LogP contribution in [-0.2, 0) is 4.79 Å². The van der Waals surface area contributed by atoms with Gasteiger partial charge in [-0.3, -0.25) is 14.9 Å². The largest absolute Gasteiger partial charge is 0.503 e. The predicted octanol–water partition coefficient (Wildman–Crippen LogP) is 2.51. The summed E-state index contributed by atoms with van der Waals surface area (Å²) in [6, 6.07) is 2.76. The summed E-state index contributed by atoms with van der Waals surface area (Å²) in [5, 5.41) is 14.1.